The number of aryl methyl sites for hydroxylation is 1. The van der Waals surface area contributed by atoms with Crippen LogP contribution in [-0.4, -0.2) is 29.3 Å². The fourth-order valence-corrected chi connectivity index (χ4v) is 1.93. The first kappa shape index (κ1) is 14.7. The maximum atomic E-state index is 12.3. The summed E-state index contributed by atoms with van der Waals surface area (Å²) in [4.78, 5) is 24.7. The van der Waals surface area contributed by atoms with E-state index in [2.05, 4.69) is 15.9 Å². The van der Waals surface area contributed by atoms with Gasteiger partial charge in [0.2, 0.25) is 5.91 Å². The molecule has 2 N–H and O–H groups in total. The summed E-state index contributed by atoms with van der Waals surface area (Å²) < 4.78 is 0.871. The van der Waals surface area contributed by atoms with Gasteiger partial charge in [0.25, 0.3) is 5.91 Å². The lowest BCUT2D eigenvalue weighted by atomic mass is 10.1. The van der Waals surface area contributed by atoms with Gasteiger partial charge < -0.3 is 10.6 Å². The van der Waals surface area contributed by atoms with E-state index in [0.29, 0.717) is 5.56 Å². The fraction of sp³-hybridized carbons (Fsp3) is 0.385. The van der Waals surface area contributed by atoms with Crippen LogP contribution in [0.1, 0.15) is 29.8 Å². The average Bonchev–Trinajstić information content (AvgIpc) is 2.28. The summed E-state index contributed by atoms with van der Waals surface area (Å²) in [6.07, 6.45) is 0. The monoisotopic (exact) mass is 312 g/mol. The molecular weight excluding hydrogens is 296 g/mol. The molecule has 0 heterocycles. The van der Waals surface area contributed by atoms with Crippen LogP contribution < -0.4 is 5.73 Å². The first-order valence-electron chi connectivity index (χ1n) is 5.68. The number of carbonyl (C=O) groups excluding carboxylic acids is 2. The van der Waals surface area contributed by atoms with Crippen LogP contribution in [0.5, 0.6) is 0 Å². The van der Waals surface area contributed by atoms with Crippen LogP contribution in [0.2, 0.25) is 0 Å². The van der Waals surface area contributed by atoms with E-state index in [4.69, 9.17) is 5.73 Å². The van der Waals surface area contributed by atoms with Gasteiger partial charge in [0.1, 0.15) is 0 Å². The smallest absolute Gasteiger partial charge is 0.254 e. The molecule has 1 rings (SSSR count). The van der Waals surface area contributed by atoms with E-state index in [0.717, 1.165) is 10.0 Å². The van der Waals surface area contributed by atoms with Gasteiger partial charge in [0.15, 0.2) is 0 Å². The van der Waals surface area contributed by atoms with Gasteiger partial charge in [-0.2, -0.15) is 0 Å². The minimum atomic E-state index is -0.511. The van der Waals surface area contributed by atoms with Crippen molar-refractivity contribution in [3.8, 4) is 0 Å². The first-order valence-corrected chi connectivity index (χ1v) is 6.47. The maximum Gasteiger partial charge on any atom is 0.254 e. The van der Waals surface area contributed by atoms with E-state index in [1.165, 1.54) is 4.90 Å². The Morgan fingerprint density at radius 2 is 2.00 bits per heavy atom. The van der Waals surface area contributed by atoms with Gasteiger partial charge in [-0.25, -0.2) is 0 Å². The van der Waals surface area contributed by atoms with Crippen molar-refractivity contribution in [3.63, 3.8) is 0 Å². The summed E-state index contributed by atoms with van der Waals surface area (Å²) in [6.45, 7) is 5.58. The lowest BCUT2D eigenvalue weighted by molar-refractivity contribution is -0.119. The Kier molecular flexibility index (Phi) is 4.90. The molecule has 0 atom stereocenters. The van der Waals surface area contributed by atoms with Crippen molar-refractivity contribution < 1.29 is 9.59 Å². The quantitative estimate of drug-likeness (QED) is 0.925. The van der Waals surface area contributed by atoms with E-state index >= 15 is 0 Å². The van der Waals surface area contributed by atoms with Crippen LogP contribution in [0.3, 0.4) is 0 Å². The van der Waals surface area contributed by atoms with E-state index < -0.39 is 5.91 Å². The molecule has 0 aliphatic heterocycles. The van der Waals surface area contributed by atoms with Crippen molar-refractivity contribution in [2.75, 3.05) is 6.54 Å². The SMILES string of the molecule is Cc1ccc(C(=O)N(CC(N)=O)C(C)C)cc1Br. The molecule has 0 saturated carbocycles. The third-order valence-corrected chi connectivity index (χ3v) is 3.48. The van der Waals surface area contributed by atoms with Crippen LogP contribution in [0.15, 0.2) is 22.7 Å². The van der Waals surface area contributed by atoms with Gasteiger partial charge in [0, 0.05) is 16.1 Å². The van der Waals surface area contributed by atoms with Crippen molar-refractivity contribution in [3.05, 3.63) is 33.8 Å². The molecule has 0 aliphatic rings. The van der Waals surface area contributed by atoms with Crippen molar-refractivity contribution in [2.45, 2.75) is 26.8 Å². The molecule has 0 spiro atoms. The van der Waals surface area contributed by atoms with Crippen LogP contribution in [0.25, 0.3) is 0 Å². The highest BCUT2D eigenvalue weighted by atomic mass is 79.9. The number of carbonyl (C=O) groups is 2. The lowest BCUT2D eigenvalue weighted by Gasteiger charge is -2.25. The Balaban J connectivity index is 3.02. The molecule has 0 bridgehead atoms. The highest BCUT2D eigenvalue weighted by molar-refractivity contribution is 9.10. The van der Waals surface area contributed by atoms with Crippen molar-refractivity contribution in [1.29, 1.82) is 0 Å². The normalized spacial score (nSPS) is 10.5. The number of rotatable bonds is 4. The third-order valence-electron chi connectivity index (χ3n) is 2.63. The number of hydrogen-bond acceptors (Lipinski definition) is 2. The van der Waals surface area contributed by atoms with Gasteiger partial charge >= 0.3 is 0 Å². The number of nitrogens with two attached hydrogens (primary N) is 1. The Morgan fingerprint density at radius 1 is 1.39 bits per heavy atom. The second-order valence-electron chi connectivity index (χ2n) is 4.46. The molecule has 0 aliphatic carbocycles. The molecule has 5 heteroatoms. The molecule has 0 unspecified atom stereocenters. The molecule has 2 amide bonds. The number of halogens is 1. The summed E-state index contributed by atoms with van der Waals surface area (Å²) in [5, 5.41) is 0. The summed E-state index contributed by atoms with van der Waals surface area (Å²) in [5.41, 5.74) is 6.76. The highest BCUT2D eigenvalue weighted by Crippen LogP contribution is 2.19. The Hall–Kier alpha value is -1.36. The summed E-state index contributed by atoms with van der Waals surface area (Å²) >= 11 is 3.39. The minimum Gasteiger partial charge on any atom is -0.368 e. The number of hydrogen-bond donors (Lipinski definition) is 1. The maximum absolute atomic E-state index is 12.3. The summed E-state index contributed by atoms with van der Waals surface area (Å²) in [5.74, 6) is -0.701. The third kappa shape index (κ3) is 3.57. The Bertz CT molecular complexity index is 472. The number of primary amides is 1. The molecule has 0 fully saturated rings. The number of amides is 2. The lowest BCUT2D eigenvalue weighted by Crippen LogP contribution is -2.42. The standard InChI is InChI=1S/C13H17BrN2O2/c1-8(2)16(7-12(15)17)13(18)10-5-4-9(3)11(14)6-10/h4-6,8H,7H2,1-3H3,(H2,15,17). The van der Waals surface area contributed by atoms with Gasteiger partial charge in [-0.3, -0.25) is 9.59 Å². The number of benzene rings is 1. The van der Waals surface area contributed by atoms with Gasteiger partial charge in [-0.05, 0) is 38.5 Å². The zero-order valence-corrected chi connectivity index (χ0v) is 12.3. The number of nitrogens with zero attached hydrogens (tertiary/aromatic N) is 1. The molecule has 4 nitrogen and oxygen atoms in total. The summed E-state index contributed by atoms with van der Waals surface area (Å²) in [7, 11) is 0. The average molecular weight is 313 g/mol. The largest absolute Gasteiger partial charge is 0.368 e. The topological polar surface area (TPSA) is 63.4 Å². The Morgan fingerprint density at radius 3 is 2.44 bits per heavy atom. The van der Waals surface area contributed by atoms with Crippen LogP contribution in [0, 0.1) is 6.92 Å². The van der Waals surface area contributed by atoms with Gasteiger partial charge in [0.05, 0.1) is 6.54 Å². The van der Waals surface area contributed by atoms with Gasteiger partial charge in [-0.1, -0.05) is 22.0 Å². The molecule has 1 aromatic rings. The van der Waals surface area contributed by atoms with E-state index in [1.807, 2.05) is 26.8 Å². The molecular formula is C13H17BrN2O2. The van der Waals surface area contributed by atoms with E-state index in [9.17, 15) is 9.59 Å². The molecule has 18 heavy (non-hydrogen) atoms. The molecule has 0 radical (unpaired) electrons. The molecule has 1 aromatic carbocycles. The molecule has 0 saturated heterocycles. The van der Waals surface area contributed by atoms with Crippen LogP contribution in [0.4, 0.5) is 0 Å². The van der Waals surface area contributed by atoms with Crippen LogP contribution >= 0.6 is 15.9 Å². The van der Waals surface area contributed by atoms with Crippen molar-refractivity contribution in [2.24, 2.45) is 5.73 Å². The van der Waals surface area contributed by atoms with Crippen molar-refractivity contribution in [1.82, 2.24) is 4.90 Å². The van der Waals surface area contributed by atoms with Gasteiger partial charge in [-0.15, -0.1) is 0 Å². The summed E-state index contributed by atoms with van der Waals surface area (Å²) in [6, 6.07) is 5.29. The van der Waals surface area contributed by atoms with E-state index in [-0.39, 0.29) is 18.5 Å². The fourth-order valence-electron chi connectivity index (χ4n) is 1.55. The molecule has 98 valence electrons. The van der Waals surface area contributed by atoms with Crippen molar-refractivity contribution >= 4 is 27.7 Å². The minimum absolute atomic E-state index is 0.0675. The zero-order valence-electron chi connectivity index (χ0n) is 10.7. The second-order valence-corrected chi connectivity index (χ2v) is 5.31. The second kappa shape index (κ2) is 6.00. The zero-order chi connectivity index (χ0) is 13.9. The van der Waals surface area contributed by atoms with E-state index in [1.54, 1.807) is 12.1 Å². The predicted octanol–water partition coefficient (Wildman–Crippen LogP) is 2.09. The Labute approximate surface area is 115 Å². The predicted molar refractivity (Wildman–Crippen MR) is 74.2 cm³/mol. The highest BCUT2D eigenvalue weighted by Gasteiger charge is 2.20. The first-order chi connectivity index (χ1) is 8.32. The van der Waals surface area contributed by atoms with Crippen LogP contribution in [-0.2, 0) is 4.79 Å². The molecule has 0 aromatic heterocycles.